The summed E-state index contributed by atoms with van der Waals surface area (Å²) in [6.45, 7) is 0.847. The number of fused-ring (bicyclic) bond motifs is 1. The Balaban J connectivity index is 2.03. The smallest absolute Gasteiger partial charge is 0.312 e. The van der Waals surface area contributed by atoms with Crippen molar-refractivity contribution in [2.45, 2.75) is 13.0 Å². The lowest BCUT2D eigenvalue weighted by molar-refractivity contribution is -0.146. The molecule has 2 amide bonds. The Hall–Kier alpha value is -2.35. The van der Waals surface area contributed by atoms with Crippen molar-refractivity contribution in [2.75, 3.05) is 13.1 Å². The molecule has 0 bridgehead atoms. The van der Waals surface area contributed by atoms with Crippen molar-refractivity contribution < 1.29 is 9.59 Å². The number of hydrogen-bond donors (Lipinski definition) is 1. The lowest BCUT2D eigenvalue weighted by Crippen LogP contribution is -2.45. The molecule has 0 saturated heterocycles. The van der Waals surface area contributed by atoms with E-state index in [1.807, 2.05) is 24.3 Å². The predicted octanol–water partition coefficient (Wildman–Crippen LogP) is 0.211. The number of hydrogen-bond acceptors (Lipinski definition) is 3. The Morgan fingerprint density at radius 2 is 2.06 bits per heavy atom. The van der Waals surface area contributed by atoms with Crippen molar-refractivity contribution in [1.82, 2.24) is 10.2 Å². The van der Waals surface area contributed by atoms with Crippen LogP contribution < -0.4 is 5.32 Å². The highest BCUT2D eigenvalue weighted by molar-refractivity contribution is 6.35. The number of benzene rings is 1. The van der Waals surface area contributed by atoms with Gasteiger partial charge in [0.1, 0.15) is 6.54 Å². The molecule has 1 aliphatic rings. The number of carbonyl (C=O) groups is 2. The van der Waals surface area contributed by atoms with Crippen LogP contribution in [0.15, 0.2) is 24.3 Å². The van der Waals surface area contributed by atoms with Crippen LogP contribution >= 0.6 is 0 Å². The molecule has 0 saturated carbocycles. The first-order valence-electron chi connectivity index (χ1n) is 5.73. The third kappa shape index (κ3) is 2.48. The average molecular weight is 243 g/mol. The van der Waals surface area contributed by atoms with E-state index in [2.05, 4.69) is 5.32 Å². The van der Waals surface area contributed by atoms with E-state index >= 15 is 0 Å². The van der Waals surface area contributed by atoms with Gasteiger partial charge in [0.2, 0.25) is 0 Å². The highest BCUT2D eigenvalue weighted by Crippen LogP contribution is 2.18. The fourth-order valence-corrected chi connectivity index (χ4v) is 2.01. The van der Waals surface area contributed by atoms with E-state index in [0.29, 0.717) is 13.1 Å². The van der Waals surface area contributed by atoms with Crippen LogP contribution in [0, 0.1) is 11.3 Å². The first-order valence-corrected chi connectivity index (χ1v) is 5.73. The number of nitriles is 1. The van der Waals surface area contributed by atoms with Crippen LogP contribution in [0.1, 0.15) is 11.1 Å². The Kier molecular flexibility index (Phi) is 3.58. The minimum absolute atomic E-state index is 0.144. The molecule has 5 nitrogen and oxygen atoms in total. The summed E-state index contributed by atoms with van der Waals surface area (Å²) in [4.78, 5) is 24.8. The van der Waals surface area contributed by atoms with Gasteiger partial charge < -0.3 is 10.2 Å². The first-order chi connectivity index (χ1) is 8.72. The second kappa shape index (κ2) is 5.32. The Morgan fingerprint density at radius 3 is 2.78 bits per heavy atom. The van der Waals surface area contributed by atoms with Crippen molar-refractivity contribution in [3.05, 3.63) is 35.4 Å². The topological polar surface area (TPSA) is 73.2 Å². The van der Waals surface area contributed by atoms with Gasteiger partial charge in [-0.15, -0.1) is 0 Å². The standard InChI is InChI=1S/C13H13N3O2/c14-6-7-15-12(17)13(18)16-8-5-10-3-1-2-4-11(10)9-16/h1-4H,5,7-9H2,(H,15,17). The Morgan fingerprint density at radius 1 is 1.33 bits per heavy atom. The van der Waals surface area contributed by atoms with E-state index in [0.717, 1.165) is 12.0 Å². The largest absolute Gasteiger partial charge is 0.335 e. The van der Waals surface area contributed by atoms with E-state index in [9.17, 15) is 9.59 Å². The molecule has 1 aromatic carbocycles. The molecule has 0 aliphatic carbocycles. The number of carbonyl (C=O) groups excluding carboxylic acids is 2. The van der Waals surface area contributed by atoms with Gasteiger partial charge in [0.05, 0.1) is 6.07 Å². The summed E-state index contributed by atoms with van der Waals surface area (Å²) in [5.41, 5.74) is 2.30. The Bertz CT molecular complexity index is 519. The number of amides is 2. The maximum atomic E-state index is 11.8. The van der Waals surface area contributed by atoms with Crippen molar-refractivity contribution >= 4 is 11.8 Å². The molecule has 0 fully saturated rings. The van der Waals surface area contributed by atoms with Gasteiger partial charge in [-0.1, -0.05) is 24.3 Å². The summed E-state index contributed by atoms with van der Waals surface area (Å²) < 4.78 is 0. The molecule has 0 spiro atoms. The fraction of sp³-hybridized carbons (Fsp3) is 0.308. The molecule has 0 radical (unpaired) electrons. The third-order valence-electron chi connectivity index (χ3n) is 2.94. The average Bonchev–Trinajstić information content (AvgIpc) is 2.43. The van der Waals surface area contributed by atoms with Gasteiger partial charge in [0.15, 0.2) is 0 Å². The van der Waals surface area contributed by atoms with Crippen molar-refractivity contribution in [3.63, 3.8) is 0 Å². The molecule has 0 atom stereocenters. The lowest BCUT2D eigenvalue weighted by atomic mass is 10.00. The second-order valence-electron chi connectivity index (χ2n) is 4.09. The van der Waals surface area contributed by atoms with Crippen LogP contribution in [0.5, 0.6) is 0 Å². The van der Waals surface area contributed by atoms with Gasteiger partial charge >= 0.3 is 11.8 Å². The monoisotopic (exact) mass is 243 g/mol. The zero-order valence-electron chi connectivity index (χ0n) is 9.85. The van der Waals surface area contributed by atoms with Gasteiger partial charge in [-0.2, -0.15) is 5.26 Å². The Labute approximate surface area is 105 Å². The number of nitrogens with one attached hydrogen (secondary N) is 1. The molecule has 5 heteroatoms. The number of nitrogens with zero attached hydrogens (tertiary/aromatic N) is 2. The summed E-state index contributed by atoms with van der Waals surface area (Å²) in [6, 6.07) is 9.65. The van der Waals surface area contributed by atoms with E-state index < -0.39 is 11.8 Å². The minimum atomic E-state index is -0.712. The SMILES string of the molecule is N#CCNC(=O)C(=O)N1CCc2ccccc2C1. The molecule has 1 N–H and O–H groups in total. The molecule has 0 aromatic heterocycles. The molecule has 1 aromatic rings. The van der Waals surface area contributed by atoms with Gasteiger partial charge in [-0.3, -0.25) is 9.59 Å². The van der Waals surface area contributed by atoms with Gasteiger partial charge in [0.25, 0.3) is 0 Å². The molecule has 1 aliphatic heterocycles. The van der Waals surface area contributed by atoms with Gasteiger partial charge in [-0.25, -0.2) is 0 Å². The third-order valence-corrected chi connectivity index (χ3v) is 2.94. The van der Waals surface area contributed by atoms with Crippen LogP contribution in [0.4, 0.5) is 0 Å². The molecular weight excluding hydrogens is 230 g/mol. The van der Waals surface area contributed by atoms with Gasteiger partial charge in [0, 0.05) is 13.1 Å². The molecule has 0 unspecified atom stereocenters. The van der Waals surface area contributed by atoms with Crippen LogP contribution in [-0.4, -0.2) is 29.8 Å². The molecule has 92 valence electrons. The lowest BCUT2D eigenvalue weighted by Gasteiger charge is -2.28. The summed E-state index contributed by atoms with van der Waals surface area (Å²) in [6.07, 6.45) is 0.757. The van der Waals surface area contributed by atoms with Crippen molar-refractivity contribution in [1.29, 1.82) is 5.26 Å². The highest BCUT2D eigenvalue weighted by atomic mass is 16.2. The number of rotatable bonds is 1. The molecule has 2 rings (SSSR count). The normalized spacial score (nSPS) is 13.4. The van der Waals surface area contributed by atoms with Crippen molar-refractivity contribution in [2.24, 2.45) is 0 Å². The van der Waals surface area contributed by atoms with E-state index in [1.54, 1.807) is 6.07 Å². The van der Waals surface area contributed by atoms with Crippen LogP contribution in [0.25, 0.3) is 0 Å². The zero-order chi connectivity index (χ0) is 13.0. The van der Waals surface area contributed by atoms with E-state index in [-0.39, 0.29) is 6.54 Å². The maximum absolute atomic E-state index is 11.8. The zero-order valence-corrected chi connectivity index (χ0v) is 9.85. The summed E-state index contributed by atoms with van der Waals surface area (Å²) in [7, 11) is 0. The van der Waals surface area contributed by atoms with Crippen molar-refractivity contribution in [3.8, 4) is 6.07 Å². The van der Waals surface area contributed by atoms with Crippen LogP contribution in [0.3, 0.4) is 0 Å². The molecular formula is C13H13N3O2. The predicted molar refractivity (Wildman–Crippen MR) is 64.2 cm³/mol. The maximum Gasteiger partial charge on any atom is 0.312 e. The highest BCUT2D eigenvalue weighted by Gasteiger charge is 2.25. The quantitative estimate of drug-likeness (QED) is 0.566. The summed E-state index contributed by atoms with van der Waals surface area (Å²) in [5, 5.41) is 10.6. The molecule has 1 heterocycles. The van der Waals surface area contributed by atoms with E-state index in [1.165, 1.54) is 10.5 Å². The van der Waals surface area contributed by atoms with Crippen LogP contribution in [-0.2, 0) is 22.6 Å². The molecule has 18 heavy (non-hydrogen) atoms. The summed E-state index contributed by atoms with van der Waals surface area (Å²) >= 11 is 0. The minimum Gasteiger partial charge on any atom is -0.335 e. The van der Waals surface area contributed by atoms with Gasteiger partial charge in [-0.05, 0) is 17.5 Å². The van der Waals surface area contributed by atoms with Crippen LogP contribution in [0.2, 0.25) is 0 Å². The van der Waals surface area contributed by atoms with E-state index in [4.69, 9.17) is 5.26 Å². The second-order valence-corrected chi connectivity index (χ2v) is 4.09. The first kappa shape index (κ1) is 12.1. The fourth-order valence-electron chi connectivity index (χ4n) is 2.01. The summed E-state index contributed by atoms with van der Waals surface area (Å²) in [5.74, 6) is -1.28.